The standard InChI is InChI=1S/C35H60O4/c1-22(9-10-25(37)30(39)26(38)21-36)23-13-18-32(4)24(23)14-19-34(6)28(32)11-12-29-33(5)17-8-16-31(2,3)27(33)15-20-35(29,34)7/h15,20,22-30,36-39H,8-14,16-19,21H2,1-7H3/t22-,23-,24+,25-,26-,27+,28-,29-,30-,32+,33+,34-,35-/m1/s1. The lowest BCUT2D eigenvalue weighted by Gasteiger charge is -2.71. The fraction of sp³-hybridized carbons (Fsp3) is 0.943. The number of fused-ring (bicyclic) bond motifs is 7. The SMILES string of the molecule is C[C@H](CC[C@@H](O)[C@@H](O)[C@H](O)CO)[C@H]1CC[C@]2(C)[C@H]3CC[C@@H]4[C@@]5(C)CCCC(C)(C)[C@@H]5C=C[C@@]4(C)[C@]3(C)CC[C@@H]12. The molecule has 5 rings (SSSR count). The highest BCUT2D eigenvalue weighted by Gasteiger charge is 2.69. The molecule has 0 heterocycles. The van der Waals surface area contributed by atoms with Gasteiger partial charge in [0.15, 0.2) is 0 Å². The number of aliphatic hydroxyl groups is 4. The van der Waals surface area contributed by atoms with Crippen molar-refractivity contribution in [3.05, 3.63) is 12.2 Å². The maximum atomic E-state index is 10.4. The normalized spacial score (nSPS) is 49.7. The number of allylic oxidation sites excluding steroid dienone is 2. The maximum absolute atomic E-state index is 10.4. The Kier molecular flexibility index (Phi) is 7.78. The minimum absolute atomic E-state index is 0.264. The van der Waals surface area contributed by atoms with Crippen LogP contribution in [-0.4, -0.2) is 45.3 Å². The van der Waals surface area contributed by atoms with Crippen molar-refractivity contribution in [1.29, 1.82) is 0 Å². The lowest BCUT2D eigenvalue weighted by atomic mass is 9.33. The van der Waals surface area contributed by atoms with Gasteiger partial charge in [-0.2, -0.15) is 0 Å². The van der Waals surface area contributed by atoms with E-state index >= 15 is 0 Å². The minimum Gasteiger partial charge on any atom is -0.394 e. The molecule has 0 bridgehead atoms. The number of rotatable bonds is 7. The number of hydrogen-bond acceptors (Lipinski definition) is 4. The molecule has 0 aliphatic heterocycles. The molecular weight excluding hydrogens is 484 g/mol. The van der Waals surface area contributed by atoms with E-state index in [0.29, 0.717) is 45.8 Å². The molecule has 5 aliphatic rings. The maximum Gasteiger partial charge on any atom is 0.108 e. The molecule has 39 heavy (non-hydrogen) atoms. The molecule has 4 fully saturated rings. The Balaban J connectivity index is 1.35. The van der Waals surface area contributed by atoms with E-state index in [1.54, 1.807) is 0 Å². The third kappa shape index (κ3) is 4.35. The highest BCUT2D eigenvalue weighted by atomic mass is 16.4. The first-order valence-electron chi connectivity index (χ1n) is 16.5. The molecule has 0 spiro atoms. The summed E-state index contributed by atoms with van der Waals surface area (Å²) in [6, 6.07) is 0. The Morgan fingerprint density at radius 1 is 0.769 bits per heavy atom. The summed E-state index contributed by atoms with van der Waals surface area (Å²) in [5.41, 5.74) is 1.80. The van der Waals surface area contributed by atoms with E-state index in [0.717, 1.165) is 24.2 Å². The Morgan fingerprint density at radius 2 is 1.46 bits per heavy atom. The van der Waals surface area contributed by atoms with Crippen molar-refractivity contribution < 1.29 is 20.4 Å². The van der Waals surface area contributed by atoms with E-state index in [1.165, 1.54) is 57.8 Å². The molecule has 0 aromatic heterocycles. The van der Waals surface area contributed by atoms with Gasteiger partial charge >= 0.3 is 0 Å². The molecule has 4 heteroatoms. The summed E-state index contributed by atoms with van der Waals surface area (Å²) in [4.78, 5) is 0. The Hall–Kier alpha value is -0.420. The summed E-state index contributed by atoms with van der Waals surface area (Å²) in [5, 5.41) is 39.4. The van der Waals surface area contributed by atoms with Gasteiger partial charge in [-0.05, 0) is 127 Å². The van der Waals surface area contributed by atoms with E-state index in [2.05, 4.69) is 60.6 Å². The topological polar surface area (TPSA) is 80.9 Å². The van der Waals surface area contributed by atoms with E-state index in [1.807, 2.05) is 0 Å². The predicted molar refractivity (Wildman–Crippen MR) is 158 cm³/mol. The van der Waals surface area contributed by atoms with Gasteiger partial charge in [0.2, 0.25) is 0 Å². The van der Waals surface area contributed by atoms with Gasteiger partial charge in [-0.3, -0.25) is 0 Å². The molecule has 224 valence electrons. The van der Waals surface area contributed by atoms with E-state index in [-0.39, 0.29) is 5.41 Å². The van der Waals surface area contributed by atoms with Crippen LogP contribution in [0.1, 0.15) is 119 Å². The summed E-state index contributed by atoms with van der Waals surface area (Å²) >= 11 is 0. The Labute approximate surface area is 239 Å². The van der Waals surface area contributed by atoms with Crippen molar-refractivity contribution in [2.75, 3.05) is 6.61 Å². The third-order valence-corrected chi connectivity index (χ3v) is 14.8. The molecule has 0 aromatic carbocycles. The van der Waals surface area contributed by atoms with E-state index in [9.17, 15) is 15.3 Å². The van der Waals surface area contributed by atoms with Crippen LogP contribution in [0.15, 0.2) is 12.2 Å². The monoisotopic (exact) mass is 544 g/mol. The van der Waals surface area contributed by atoms with Crippen molar-refractivity contribution >= 4 is 0 Å². The summed E-state index contributed by atoms with van der Waals surface area (Å²) < 4.78 is 0. The second kappa shape index (κ2) is 10.1. The van der Waals surface area contributed by atoms with Crippen LogP contribution < -0.4 is 0 Å². The molecular formula is C35H60O4. The van der Waals surface area contributed by atoms with Crippen LogP contribution in [0.2, 0.25) is 0 Å². The van der Waals surface area contributed by atoms with Crippen molar-refractivity contribution in [3.8, 4) is 0 Å². The average Bonchev–Trinajstić information content (AvgIpc) is 3.23. The Morgan fingerprint density at radius 3 is 2.15 bits per heavy atom. The first-order valence-corrected chi connectivity index (χ1v) is 16.5. The quantitative estimate of drug-likeness (QED) is 0.267. The first-order chi connectivity index (χ1) is 18.2. The molecule has 5 aliphatic carbocycles. The van der Waals surface area contributed by atoms with E-state index in [4.69, 9.17) is 5.11 Å². The van der Waals surface area contributed by atoms with Crippen LogP contribution in [0.3, 0.4) is 0 Å². The van der Waals surface area contributed by atoms with Crippen LogP contribution in [0, 0.1) is 62.6 Å². The van der Waals surface area contributed by atoms with Crippen molar-refractivity contribution in [1.82, 2.24) is 0 Å². The second-order valence-electron chi connectivity index (χ2n) is 16.8. The highest BCUT2D eigenvalue weighted by molar-refractivity contribution is 5.27. The third-order valence-electron chi connectivity index (χ3n) is 14.8. The van der Waals surface area contributed by atoms with Gasteiger partial charge in [-0.25, -0.2) is 0 Å². The van der Waals surface area contributed by atoms with Crippen LogP contribution in [0.4, 0.5) is 0 Å². The van der Waals surface area contributed by atoms with Gasteiger partial charge < -0.3 is 20.4 Å². The van der Waals surface area contributed by atoms with Crippen molar-refractivity contribution in [2.45, 2.75) is 137 Å². The van der Waals surface area contributed by atoms with Crippen LogP contribution in [0.5, 0.6) is 0 Å². The van der Waals surface area contributed by atoms with Gasteiger partial charge in [-0.15, -0.1) is 0 Å². The molecule has 0 unspecified atom stereocenters. The summed E-state index contributed by atoms with van der Waals surface area (Å²) in [6.07, 6.45) is 15.4. The largest absolute Gasteiger partial charge is 0.394 e. The summed E-state index contributed by atoms with van der Waals surface area (Å²) in [7, 11) is 0. The van der Waals surface area contributed by atoms with Gasteiger partial charge in [0.05, 0.1) is 12.7 Å². The molecule has 13 atom stereocenters. The van der Waals surface area contributed by atoms with Crippen LogP contribution in [-0.2, 0) is 0 Å². The lowest BCUT2D eigenvalue weighted by Crippen LogP contribution is -2.64. The lowest BCUT2D eigenvalue weighted by molar-refractivity contribution is -0.198. The summed E-state index contributed by atoms with van der Waals surface area (Å²) in [6.45, 7) is 17.5. The minimum atomic E-state index is -1.28. The molecule has 4 saturated carbocycles. The number of aliphatic hydroxyl groups excluding tert-OH is 4. The predicted octanol–water partition coefficient (Wildman–Crippen LogP) is 6.75. The highest BCUT2D eigenvalue weighted by Crippen LogP contribution is 2.76. The zero-order valence-electron chi connectivity index (χ0n) is 26.1. The molecule has 0 saturated heterocycles. The summed E-state index contributed by atoms with van der Waals surface area (Å²) in [5.74, 6) is 4.13. The van der Waals surface area contributed by atoms with Crippen LogP contribution >= 0.6 is 0 Å². The molecule has 0 aromatic rings. The fourth-order valence-electron chi connectivity index (χ4n) is 12.5. The van der Waals surface area contributed by atoms with Gasteiger partial charge in [0.1, 0.15) is 12.2 Å². The average molecular weight is 545 g/mol. The molecule has 4 nitrogen and oxygen atoms in total. The number of hydrogen-bond donors (Lipinski definition) is 4. The molecule has 0 radical (unpaired) electrons. The molecule has 4 N–H and O–H groups in total. The van der Waals surface area contributed by atoms with Crippen molar-refractivity contribution in [2.24, 2.45) is 62.6 Å². The zero-order chi connectivity index (χ0) is 28.6. The second-order valence-corrected chi connectivity index (χ2v) is 16.8. The molecule has 0 amide bonds. The van der Waals surface area contributed by atoms with Crippen molar-refractivity contribution in [3.63, 3.8) is 0 Å². The first kappa shape index (κ1) is 30.1. The smallest absolute Gasteiger partial charge is 0.108 e. The zero-order valence-corrected chi connectivity index (χ0v) is 26.1. The van der Waals surface area contributed by atoms with E-state index < -0.39 is 24.9 Å². The fourth-order valence-corrected chi connectivity index (χ4v) is 12.5. The van der Waals surface area contributed by atoms with Crippen LogP contribution in [0.25, 0.3) is 0 Å². The van der Waals surface area contributed by atoms with Gasteiger partial charge in [-0.1, -0.05) is 67.0 Å². The Bertz CT molecular complexity index is 930. The van der Waals surface area contributed by atoms with Gasteiger partial charge in [0, 0.05) is 0 Å². The van der Waals surface area contributed by atoms with Gasteiger partial charge in [0.25, 0.3) is 0 Å².